The van der Waals surface area contributed by atoms with Crippen molar-refractivity contribution in [1.29, 1.82) is 0 Å². The number of hydrogen-bond donors (Lipinski definition) is 2. The lowest BCUT2D eigenvalue weighted by atomic mass is 9.95. The third-order valence-corrected chi connectivity index (χ3v) is 5.03. The molecule has 3 aromatic carbocycles. The fraction of sp³-hybridized carbons (Fsp3) is 0.0833. The summed E-state index contributed by atoms with van der Waals surface area (Å²) in [6, 6.07) is 20.7. The summed E-state index contributed by atoms with van der Waals surface area (Å²) in [5.74, 6) is -1.23. The van der Waals surface area contributed by atoms with Crippen LogP contribution in [0.3, 0.4) is 0 Å². The Morgan fingerprint density at radius 2 is 1.63 bits per heavy atom. The number of anilines is 1. The summed E-state index contributed by atoms with van der Waals surface area (Å²) in [6.07, 6.45) is 0. The van der Waals surface area contributed by atoms with Crippen LogP contribution in [0.25, 0.3) is 5.76 Å². The Balaban J connectivity index is 1.93. The number of phenols is 1. The molecule has 0 bridgehead atoms. The molecule has 1 saturated heterocycles. The summed E-state index contributed by atoms with van der Waals surface area (Å²) in [5, 5.41) is 21.0. The third kappa shape index (κ3) is 3.28. The van der Waals surface area contributed by atoms with Crippen LogP contribution in [-0.2, 0) is 9.59 Å². The van der Waals surface area contributed by atoms with Gasteiger partial charge in [-0.15, -0.1) is 0 Å². The molecule has 1 amide bonds. The van der Waals surface area contributed by atoms with Crippen molar-refractivity contribution in [3.8, 4) is 11.5 Å². The number of aromatic hydroxyl groups is 1. The largest absolute Gasteiger partial charge is 0.508 e. The van der Waals surface area contributed by atoms with E-state index in [1.807, 2.05) is 0 Å². The van der Waals surface area contributed by atoms with Crippen LogP contribution in [0, 0.1) is 0 Å². The van der Waals surface area contributed by atoms with Gasteiger partial charge in [-0.3, -0.25) is 14.5 Å². The van der Waals surface area contributed by atoms with E-state index < -0.39 is 17.7 Å². The van der Waals surface area contributed by atoms with Gasteiger partial charge in [0.15, 0.2) is 0 Å². The molecular formula is C24H19NO5. The number of benzene rings is 3. The van der Waals surface area contributed by atoms with Crippen LogP contribution in [0.4, 0.5) is 5.69 Å². The van der Waals surface area contributed by atoms with Gasteiger partial charge in [0.05, 0.1) is 18.7 Å². The third-order valence-electron chi connectivity index (χ3n) is 5.03. The number of carbonyl (C=O) groups is 2. The topological polar surface area (TPSA) is 87.1 Å². The van der Waals surface area contributed by atoms with Gasteiger partial charge in [0.1, 0.15) is 17.3 Å². The second-order valence-corrected chi connectivity index (χ2v) is 6.83. The number of methoxy groups -OCH3 is 1. The number of para-hydroxylation sites is 1. The highest BCUT2D eigenvalue weighted by Crippen LogP contribution is 2.42. The Hall–Kier alpha value is -4.06. The first-order valence-electron chi connectivity index (χ1n) is 9.30. The lowest BCUT2D eigenvalue weighted by Gasteiger charge is -2.25. The molecule has 1 atom stereocenters. The molecule has 150 valence electrons. The van der Waals surface area contributed by atoms with E-state index in [2.05, 4.69) is 0 Å². The van der Waals surface area contributed by atoms with Crippen molar-refractivity contribution in [2.45, 2.75) is 6.04 Å². The number of aliphatic hydroxyl groups is 1. The van der Waals surface area contributed by atoms with Crippen LogP contribution in [-0.4, -0.2) is 29.0 Å². The van der Waals surface area contributed by atoms with E-state index >= 15 is 0 Å². The molecule has 1 unspecified atom stereocenters. The molecule has 1 fully saturated rings. The van der Waals surface area contributed by atoms with E-state index in [0.717, 1.165) is 0 Å². The fourth-order valence-corrected chi connectivity index (χ4v) is 3.60. The van der Waals surface area contributed by atoms with E-state index in [1.165, 1.54) is 24.1 Å². The van der Waals surface area contributed by atoms with Gasteiger partial charge in [-0.2, -0.15) is 0 Å². The van der Waals surface area contributed by atoms with Gasteiger partial charge < -0.3 is 14.9 Å². The second-order valence-electron chi connectivity index (χ2n) is 6.83. The predicted molar refractivity (Wildman–Crippen MR) is 112 cm³/mol. The molecule has 0 spiro atoms. The number of rotatable bonds is 4. The minimum Gasteiger partial charge on any atom is -0.508 e. The van der Waals surface area contributed by atoms with Crippen LogP contribution in [0.1, 0.15) is 17.2 Å². The average molecular weight is 401 g/mol. The van der Waals surface area contributed by atoms with E-state index in [0.29, 0.717) is 22.6 Å². The highest BCUT2D eigenvalue weighted by atomic mass is 16.5. The maximum Gasteiger partial charge on any atom is 0.300 e. The van der Waals surface area contributed by atoms with Crippen molar-refractivity contribution < 1.29 is 24.5 Å². The molecule has 1 aliphatic heterocycles. The summed E-state index contributed by atoms with van der Waals surface area (Å²) in [6.45, 7) is 0. The van der Waals surface area contributed by atoms with Crippen molar-refractivity contribution in [1.82, 2.24) is 0 Å². The lowest BCUT2D eigenvalue weighted by Crippen LogP contribution is -2.29. The minimum atomic E-state index is -0.887. The van der Waals surface area contributed by atoms with Crippen molar-refractivity contribution in [3.05, 3.63) is 95.6 Å². The predicted octanol–water partition coefficient (Wildman–Crippen LogP) is 4.03. The number of nitrogens with zero attached hydrogens (tertiary/aromatic N) is 1. The number of amides is 1. The Morgan fingerprint density at radius 1 is 0.933 bits per heavy atom. The molecule has 0 aliphatic carbocycles. The lowest BCUT2D eigenvalue weighted by molar-refractivity contribution is -0.132. The van der Waals surface area contributed by atoms with Gasteiger partial charge in [0.2, 0.25) is 0 Å². The Bertz CT molecular complexity index is 1140. The van der Waals surface area contributed by atoms with Gasteiger partial charge in [0, 0.05) is 11.3 Å². The Morgan fingerprint density at radius 3 is 2.27 bits per heavy atom. The molecule has 2 N–H and O–H groups in total. The quantitative estimate of drug-likeness (QED) is 0.392. The number of ketones is 1. The summed E-state index contributed by atoms with van der Waals surface area (Å²) in [4.78, 5) is 27.3. The van der Waals surface area contributed by atoms with Gasteiger partial charge in [-0.05, 0) is 54.1 Å². The van der Waals surface area contributed by atoms with Crippen LogP contribution < -0.4 is 9.64 Å². The fourth-order valence-electron chi connectivity index (χ4n) is 3.60. The van der Waals surface area contributed by atoms with E-state index in [1.54, 1.807) is 66.7 Å². The van der Waals surface area contributed by atoms with Crippen molar-refractivity contribution in [2.75, 3.05) is 12.0 Å². The zero-order valence-corrected chi connectivity index (χ0v) is 16.1. The molecule has 0 radical (unpaired) electrons. The molecule has 0 saturated carbocycles. The van der Waals surface area contributed by atoms with Crippen molar-refractivity contribution in [3.63, 3.8) is 0 Å². The molecule has 3 aromatic rings. The number of phenolic OH excluding ortho intramolecular Hbond substituents is 1. The number of aliphatic hydroxyl groups excluding tert-OH is 1. The monoisotopic (exact) mass is 401 g/mol. The zero-order valence-electron chi connectivity index (χ0n) is 16.1. The van der Waals surface area contributed by atoms with Gasteiger partial charge in [-0.25, -0.2) is 0 Å². The Kier molecular flexibility index (Phi) is 4.98. The molecule has 0 aromatic heterocycles. The number of Topliss-reactive ketones (excluding diaryl/α,β-unsaturated/α-hetero) is 1. The van der Waals surface area contributed by atoms with Crippen LogP contribution in [0.5, 0.6) is 11.5 Å². The van der Waals surface area contributed by atoms with Gasteiger partial charge in [0.25, 0.3) is 11.7 Å². The highest BCUT2D eigenvalue weighted by molar-refractivity contribution is 6.51. The molecule has 1 aliphatic rings. The smallest absolute Gasteiger partial charge is 0.300 e. The second kappa shape index (κ2) is 7.75. The van der Waals surface area contributed by atoms with E-state index in [-0.39, 0.29) is 17.1 Å². The zero-order chi connectivity index (χ0) is 21.3. The minimum absolute atomic E-state index is 0.00408. The van der Waals surface area contributed by atoms with Crippen LogP contribution in [0.2, 0.25) is 0 Å². The van der Waals surface area contributed by atoms with Gasteiger partial charge >= 0.3 is 0 Å². The number of ether oxygens (including phenoxy) is 1. The standard InChI is InChI=1S/C24H19NO5/c1-30-19-12-10-15(11-13-19)22(27)20-21(16-6-5-9-18(26)14-16)25(24(29)23(20)28)17-7-3-2-4-8-17/h2-14,21,26-27H,1H3/b22-20-. The first-order chi connectivity index (χ1) is 14.5. The van der Waals surface area contributed by atoms with E-state index in [9.17, 15) is 19.8 Å². The normalized spacial score (nSPS) is 17.9. The maximum absolute atomic E-state index is 13.0. The summed E-state index contributed by atoms with van der Waals surface area (Å²) in [7, 11) is 1.53. The summed E-state index contributed by atoms with van der Waals surface area (Å²) in [5.41, 5.74) is 1.36. The Labute approximate surface area is 173 Å². The highest BCUT2D eigenvalue weighted by Gasteiger charge is 2.47. The molecule has 6 nitrogen and oxygen atoms in total. The molecular weight excluding hydrogens is 382 g/mol. The van der Waals surface area contributed by atoms with Crippen LogP contribution in [0.15, 0.2) is 84.4 Å². The first kappa shape index (κ1) is 19.3. The summed E-state index contributed by atoms with van der Waals surface area (Å²) >= 11 is 0. The SMILES string of the molecule is COc1ccc(/C(O)=C2/C(=O)C(=O)N(c3ccccc3)C2c2cccc(O)c2)cc1. The van der Waals surface area contributed by atoms with E-state index in [4.69, 9.17) is 4.74 Å². The van der Waals surface area contributed by atoms with Crippen LogP contribution >= 0.6 is 0 Å². The maximum atomic E-state index is 13.0. The molecule has 4 rings (SSSR count). The molecule has 30 heavy (non-hydrogen) atoms. The molecule has 1 heterocycles. The van der Waals surface area contributed by atoms with Crippen molar-refractivity contribution in [2.24, 2.45) is 0 Å². The summed E-state index contributed by atoms with van der Waals surface area (Å²) < 4.78 is 5.14. The first-order valence-corrected chi connectivity index (χ1v) is 9.30. The van der Waals surface area contributed by atoms with Gasteiger partial charge in [-0.1, -0.05) is 30.3 Å². The average Bonchev–Trinajstić information content (AvgIpc) is 3.04. The molecule has 6 heteroatoms. The number of carbonyl (C=O) groups excluding carboxylic acids is 2. The van der Waals surface area contributed by atoms with Crippen molar-refractivity contribution >= 4 is 23.1 Å². The number of hydrogen-bond acceptors (Lipinski definition) is 5.